The number of carbonyl (C=O) groups is 1. The average molecular weight is 357 g/mol. The largest absolute Gasteiger partial charge is 0.368 e. The van der Waals surface area contributed by atoms with Crippen LogP contribution in [0.2, 0.25) is 5.02 Å². The number of aromatic nitrogens is 1. The summed E-state index contributed by atoms with van der Waals surface area (Å²) in [5.74, 6) is 2.84. The molecule has 2 aromatic rings. The van der Waals surface area contributed by atoms with Gasteiger partial charge < -0.3 is 15.5 Å². The first kappa shape index (κ1) is 18.8. The number of amides is 1. The predicted molar refractivity (Wildman–Crippen MR) is 102 cm³/mol. The third-order valence-electron chi connectivity index (χ3n) is 3.73. The van der Waals surface area contributed by atoms with Crippen molar-refractivity contribution < 1.29 is 4.79 Å². The molecular weight excluding hydrogens is 336 g/mol. The molecule has 0 bridgehead atoms. The van der Waals surface area contributed by atoms with E-state index in [4.69, 9.17) is 18.0 Å². The van der Waals surface area contributed by atoms with Gasteiger partial charge >= 0.3 is 0 Å². The maximum Gasteiger partial charge on any atom is 0.253 e. The van der Waals surface area contributed by atoms with Crippen LogP contribution in [-0.4, -0.2) is 43.0 Å². The van der Waals surface area contributed by atoms with E-state index in [1.165, 1.54) is 6.20 Å². The Labute approximate surface area is 153 Å². The van der Waals surface area contributed by atoms with Gasteiger partial charge in [-0.1, -0.05) is 29.7 Å². The van der Waals surface area contributed by atoms with Gasteiger partial charge in [0.05, 0.1) is 18.2 Å². The first-order chi connectivity index (χ1) is 12.0. The predicted octanol–water partition coefficient (Wildman–Crippen LogP) is 2.81. The summed E-state index contributed by atoms with van der Waals surface area (Å²) < 4.78 is 0. The van der Waals surface area contributed by atoms with Gasteiger partial charge in [-0.25, -0.2) is 4.98 Å². The zero-order chi connectivity index (χ0) is 18.2. The molecule has 1 heterocycles. The monoisotopic (exact) mass is 356 g/mol. The first-order valence-corrected chi connectivity index (χ1v) is 8.22. The maximum atomic E-state index is 11.8. The van der Waals surface area contributed by atoms with E-state index in [-0.39, 0.29) is 18.5 Å². The van der Waals surface area contributed by atoms with Crippen LogP contribution in [0.4, 0.5) is 5.82 Å². The van der Waals surface area contributed by atoms with Gasteiger partial charge in [0.2, 0.25) is 0 Å². The molecule has 1 aromatic carbocycles. The van der Waals surface area contributed by atoms with E-state index in [2.05, 4.69) is 26.4 Å². The Morgan fingerprint density at radius 3 is 2.56 bits per heavy atom. The van der Waals surface area contributed by atoms with E-state index in [0.717, 1.165) is 10.6 Å². The number of pyridine rings is 1. The van der Waals surface area contributed by atoms with Crippen molar-refractivity contribution in [3.05, 3.63) is 58.7 Å². The number of benzene rings is 1. The van der Waals surface area contributed by atoms with Crippen LogP contribution in [-0.2, 0) is 0 Å². The van der Waals surface area contributed by atoms with Crippen LogP contribution in [0.3, 0.4) is 0 Å². The quantitative estimate of drug-likeness (QED) is 0.749. The highest BCUT2D eigenvalue weighted by molar-refractivity contribution is 6.30. The number of carbonyl (C=O) groups excluding carboxylic acids is 1. The second-order valence-corrected chi connectivity index (χ2v) is 6.17. The number of halogens is 1. The molecule has 1 unspecified atom stereocenters. The van der Waals surface area contributed by atoms with Crippen LogP contribution in [0.15, 0.2) is 42.6 Å². The Balaban J connectivity index is 2.00. The molecular formula is C19H21ClN4O. The lowest BCUT2D eigenvalue weighted by atomic mass is 10.1. The highest BCUT2D eigenvalue weighted by Gasteiger charge is 2.14. The minimum Gasteiger partial charge on any atom is -0.368 e. The Morgan fingerprint density at radius 1 is 1.28 bits per heavy atom. The van der Waals surface area contributed by atoms with Crippen molar-refractivity contribution in [1.82, 2.24) is 15.2 Å². The lowest BCUT2D eigenvalue weighted by molar-refractivity contribution is 0.0958. The van der Waals surface area contributed by atoms with Gasteiger partial charge in [0.25, 0.3) is 5.91 Å². The highest BCUT2D eigenvalue weighted by atomic mass is 35.5. The molecule has 0 spiro atoms. The maximum absolute atomic E-state index is 11.8. The molecule has 0 aliphatic rings. The molecule has 6 heteroatoms. The summed E-state index contributed by atoms with van der Waals surface area (Å²) in [6, 6.07) is 11.5. The molecule has 0 fully saturated rings. The summed E-state index contributed by atoms with van der Waals surface area (Å²) in [6.07, 6.45) is 6.65. The number of likely N-dealkylation sites (N-methyl/N-ethyl adjacent to an activating group) is 1. The topological polar surface area (TPSA) is 57.3 Å². The van der Waals surface area contributed by atoms with E-state index in [0.29, 0.717) is 17.9 Å². The summed E-state index contributed by atoms with van der Waals surface area (Å²) in [5.41, 5.74) is 1.63. The third-order valence-corrected chi connectivity index (χ3v) is 3.98. The third kappa shape index (κ3) is 5.49. The number of hydrogen-bond donors (Lipinski definition) is 2. The fourth-order valence-corrected chi connectivity index (χ4v) is 2.48. The van der Waals surface area contributed by atoms with Gasteiger partial charge in [-0.05, 0) is 43.9 Å². The molecule has 0 aliphatic carbocycles. The summed E-state index contributed by atoms with van der Waals surface area (Å²) in [4.78, 5) is 18.2. The molecule has 2 N–H and O–H groups in total. The second kappa shape index (κ2) is 9.07. The fraction of sp³-hybridized carbons (Fsp3) is 0.263. The van der Waals surface area contributed by atoms with Crippen LogP contribution in [0, 0.1) is 12.3 Å². The SMILES string of the molecule is C#CCNC(=O)c1ccc(NCC(c2ccc(Cl)cc2)N(C)C)nc1. The van der Waals surface area contributed by atoms with Gasteiger partial charge in [0.1, 0.15) is 5.82 Å². The molecule has 5 nitrogen and oxygen atoms in total. The second-order valence-electron chi connectivity index (χ2n) is 5.73. The van der Waals surface area contributed by atoms with Crippen LogP contribution in [0.25, 0.3) is 0 Å². The number of hydrogen-bond acceptors (Lipinski definition) is 4. The van der Waals surface area contributed by atoms with Gasteiger partial charge in [-0.15, -0.1) is 6.42 Å². The fourth-order valence-electron chi connectivity index (χ4n) is 2.35. The molecule has 2 rings (SSSR count). The molecule has 1 amide bonds. The van der Waals surface area contributed by atoms with E-state index in [1.807, 2.05) is 38.4 Å². The lowest BCUT2D eigenvalue weighted by Crippen LogP contribution is -2.27. The zero-order valence-electron chi connectivity index (χ0n) is 14.3. The summed E-state index contributed by atoms with van der Waals surface area (Å²) in [6.45, 7) is 0.870. The van der Waals surface area contributed by atoms with E-state index in [1.54, 1.807) is 12.1 Å². The Kier molecular flexibility index (Phi) is 6.81. The van der Waals surface area contributed by atoms with Crippen molar-refractivity contribution in [2.45, 2.75) is 6.04 Å². The summed E-state index contributed by atoms with van der Waals surface area (Å²) in [7, 11) is 4.04. The Morgan fingerprint density at radius 2 is 2.00 bits per heavy atom. The number of nitrogens with one attached hydrogen (secondary N) is 2. The highest BCUT2D eigenvalue weighted by Crippen LogP contribution is 2.21. The van der Waals surface area contributed by atoms with Gasteiger partial charge in [-0.2, -0.15) is 0 Å². The summed E-state index contributed by atoms with van der Waals surface area (Å²) in [5, 5.41) is 6.62. The van der Waals surface area contributed by atoms with E-state index in [9.17, 15) is 4.79 Å². The van der Waals surface area contributed by atoms with Crippen molar-refractivity contribution in [3.63, 3.8) is 0 Å². The van der Waals surface area contributed by atoms with Gasteiger partial charge in [0.15, 0.2) is 0 Å². The van der Waals surface area contributed by atoms with Crippen molar-refractivity contribution in [2.24, 2.45) is 0 Å². The molecule has 1 atom stereocenters. The van der Waals surface area contributed by atoms with Crippen LogP contribution in [0.5, 0.6) is 0 Å². The van der Waals surface area contributed by atoms with Crippen LogP contribution >= 0.6 is 11.6 Å². The minimum atomic E-state index is -0.232. The smallest absolute Gasteiger partial charge is 0.253 e. The summed E-state index contributed by atoms with van der Waals surface area (Å²) >= 11 is 5.96. The molecule has 0 saturated carbocycles. The molecule has 1 aromatic heterocycles. The molecule has 130 valence electrons. The van der Waals surface area contributed by atoms with Crippen LogP contribution < -0.4 is 10.6 Å². The standard InChI is InChI=1S/C19H21ClN4O/c1-4-11-21-19(25)15-7-10-18(22-12-15)23-13-17(24(2)3)14-5-8-16(20)9-6-14/h1,5-10,12,17H,11,13H2,2-3H3,(H,21,25)(H,22,23). The van der Waals surface area contributed by atoms with Crippen molar-refractivity contribution >= 4 is 23.3 Å². The molecule has 0 saturated heterocycles. The number of nitrogens with zero attached hydrogens (tertiary/aromatic N) is 2. The normalized spacial score (nSPS) is 11.6. The number of rotatable bonds is 7. The Hall–Kier alpha value is -2.55. The average Bonchev–Trinajstić information content (AvgIpc) is 2.61. The van der Waals surface area contributed by atoms with Crippen molar-refractivity contribution in [3.8, 4) is 12.3 Å². The van der Waals surface area contributed by atoms with Crippen molar-refractivity contribution in [2.75, 3.05) is 32.5 Å². The zero-order valence-corrected chi connectivity index (χ0v) is 15.0. The van der Waals surface area contributed by atoms with Gasteiger partial charge in [-0.3, -0.25) is 4.79 Å². The Bertz CT molecular complexity index is 736. The number of anilines is 1. The van der Waals surface area contributed by atoms with E-state index < -0.39 is 0 Å². The van der Waals surface area contributed by atoms with Crippen molar-refractivity contribution in [1.29, 1.82) is 0 Å². The first-order valence-electron chi connectivity index (χ1n) is 7.84. The van der Waals surface area contributed by atoms with Gasteiger partial charge in [0, 0.05) is 17.8 Å². The number of terminal acetylenes is 1. The minimum absolute atomic E-state index is 0.165. The lowest BCUT2D eigenvalue weighted by Gasteiger charge is -2.25. The van der Waals surface area contributed by atoms with Crippen LogP contribution in [0.1, 0.15) is 22.0 Å². The molecule has 0 radical (unpaired) electrons. The molecule has 25 heavy (non-hydrogen) atoms. The molecule has 0 aliphatic heterocycles. The van der Waals surface area contributed by atoms with E-state index >= 15 is 0 Å².